The van der Waals surface area contributed by atoms with E-state index in [-0.39, 0.29) is 0 Å². The lowest BCUT2D eigenvalue weighted by atomic mass is 9.86. The number of hydrogen-bond donors (Lipinski definition) is 2. The van der Waals surface area contributed by atoms with Crippen LogP contribution in [0.1, 0.15) is 26.2 Å². The first kappa shape index (κ1) is 9.72. The molecule has 0 aromatic rings. The minimum atomic E-state index is -1.18. The predicted molar refractivity (Wildman–Crippen MR) is 43.7 cm³/mol. The Hall–Kier alpha value is -0.275. The van der Waals surface area contributed by atoms with E-state index in [4.69, 9.17) is 10.0 Å². The minimum Gasteiger partial charge on any atom is -0.427 e. The molecule has 0 fully saturated rings. The highest BCUT2D eigenvalue weighted by Crippen LogP contribution is 1.96. The van der Waals surface area contributed by atoms with E-state index in [1.165, 1.54) is 12.8 Å². The van der Waals surface area contributed by atoms with Gasteiger partial charge in [0.15, 0.2) is 0 Å². The maximum atomic E-state index is 8.41. The van der Waals surface area contributed by atoms with Gasteiger partial charge in [-0.25, -0.2) is 0 Å². The minimum absolute atomic E-state index is 0.351. The summed E-state index contributed by atoms with van der Waals surface area (Å²) in [5.41, 5.74) is 0. The van der Waals surface area contributed by atoms with Crippen LogP contribution in [0.3, 0.4) is 0 Å². The van der Waals surface area contributed by atoms with Crippen LogP contribution in [-0.2, 0) is 0 Å². The second-order valence-electron chi connectivity index (χ2n) is 2.33. The third-order valence-electron chi connectivity index (χ3n) is 1.24. The van der Waals surface area contributed by atoms with Crippen molar-refractivity contribution in [3.63, 3.8) is 0 Å². The van der Waals surface area contributed by atoms with E-state index in [9.17, 15) is 0 Å². The van der Waals surface area contributed by atoms with Crippen molar-refractivity contribution in [2.24, 2.45) is 0 Å². The van der Waals surface area contributed by atoms with Crippen LogP contribution >= 0.6 is 0 Å². The maximum absolute atomic E-state index is 8.41. The molecule has 10 heavy (non-hydrogen) atoms. The topological polar surface area (TPSA) is 40.5 Å². The smallest absolute Gasteiger partial charge is 0.427 e. The van der Waals surface area contributed by atoms with Gasteiger partial charge in [0.2, 0.25) is 0 Å². The average molecular weight is 142 g/mol. The maximum Gasteiger partial charge on any atom is 0.455 e. The van der Waals surface area contributed by atoms with Crippen molar-refractivity contribution in [3.05, 3.63) is 12.2 Å². The van der Waals surface area contributed by atoms with Gasteiger partial charge in [-0.05, 0) is 12.7 Å². The summed E-state index contributed by atoms with van der Waals surface area (Å²) in [6.07, 6.45) is 7.56. The van der Waals surface area contributed by atoms with Gasteiger partial charge in [-0.1, -0.05) is 31.9 Å². The molecule has 0 radical (unpaired) electrons. The average Bonchev–Trinajstić information content (AvgIpc) is 1.87. The van der Waals surface area contributed by atoms with E-state index in [1.807, 2.05) is 6.08 Å². The van der Waals surface area contributed by atoms with Crippen LogP contribution in [0.4, 0.5) is 0 Å². The molecule has 0 aliphatic rings. The molecule has 0 aromatic heterocycles. The standard InChI is InChI=1S/C7H15BO2/c1-2-3-4-5-6-7-8(9)10/h5-6,9-10H,2-4,7H2,1H3. The molecule has 0 spiro atoms. The fourth-order valence-electron chi connectivity index (χ4n) is 0.658. The Morgan fingerprint density at radius 1 is 1.30 bits per heavy atom. The Morgan fingerprint density at radius 3 is 2.50 bits per heavy atom. The SMILES string of the molecule is CCCCC=CCB(O)O. The molecule has 0 saturated carbocycles. The Kier molecular flexibility index (Phi) is 6.65. The van der Waals surface area contributed by atoms with E-state index in [0.29, 0.717) is 6.32 Å². The van der Waals surface area contributed by atoms with Crippen LogP contribution < -0.4 is 0 Å². The van der Waals surface area contributed by atoms with Gasteiger partial charge < -0.3 is 10.0 Å². The highest BCUT2D eigenvalue weighted by molar-refractivity contribution is 6.41. The molecule has 58 valence electrons. The lowest BCUT2D eigenvalue weighted by Crippen LogP contribution is -2.07. The van der Waals surface area contributed by atoms with Gasteiger partial charge in [0, 0.05) is 0 Å². The summed E-state index contributed by atoms with van der Waals surface area (Å²) < 4.78 is 0. The zero-order chi connectivity index (χ0) is 7.82. The van der Waals surface area contributed by atoms with Crippen molar-refractivity contribution in [1.82, 2.24) is 0 Å². The summed E-state index contributed by atoms with van der Waals surface area (Å²) in [7, 11) is -1.18. The van der Waals surface area contributed by atoms with Crippen LogP contribution in [0.5, 0.6) is 0 Å². The Morgan fingerprint density at radius 2 is 2.00 bits per heavy atom. The van der Waals surface area contributed by atoms with Crippen molar-refractivity contribution < 1.29 is 10.0 Å². The van der Waals surface area contributed by atoms with Gasteiger partial charge in [0.1, 0.15) is 0 Å². The summed E-state index contributed by atoms with van der Waals surface area (Å²) >= 11 is 0. The molecular weight excluding hydrogens is 127 g/mol. The van der Waals surface area contributed by atoms with Crippen molar-refractivity contribution in [2.75, 3.05) is 0 Å². The second-order valence-corrected chi connectivity index (χ2v) is 2.33. The summed E-state index contributed by atoms with van der Waals surface area (Å²) in [5, 5.41) is 16.8. The number of rotatable bonds is 5. The Labute approximate surface area is 62.7 Å². The molecule has 0 rings (SSSR count). The Balaban J connectivity index is 3.04. The monoisotopic (exact) mass is 142 g/mol. The van der Waals surface area contributed by atoms with Crippen LogP contribution in [0, 0.1) is 0 Å². The molecular formula is C7H15BO2. The van der Waals surface area contributed by atoms with Crippen LogP contribution in [0.15, 0.2) is 12.2 Å². The third kappa shape index (κ3) is 7.72. The fraction of sp³-hybridized carbons (Fsp3) is 0.714. The molecule has 0 aliphatic heterocycles. The lowest BCUT2D eigenvalue weighted by Gasteiger charge is -1.90. The summed E-state index contributed by atoms with van der Waals surface area (Å²) in [6.45, 7) is 2.13. The van der Waals surface area contributed by atoms with Gasteiger partial charge in [-0.2, -0.15) is 0 Å². The van der Waals surface area contributed by atoms with E-state index < -0.39 is 7.12 Å². The first-order chi connectivity index (χ1) is 4.77. The highest BCUT2D eigenvalue weighted by atomic mass is 16.4. The van der Waals surface area contributed by atoms with E-state index in [0.717, 1.165) is 6.42 Å². The van der Waals surface area contributed by atoms with Crippen LogP contribution in [-0.4, -0.2) is 17.2 Å². The van der Waals surface area contributed by atoms with Crippen molar-refractivity contribution in [2.45, 2.75) is 32.5 Å². The van der Waals surface area contributed by atoms with Crippen molar-refractivity contribution >= 4 is 7.12 Å². The normalized spacial score (nSPS) is 10.7. The van der Waals surface area contributed by atoms with Crippen LogP contribution in [0.2, 0.25) is 6.32 Å². The molecule has 0 saturated heterocycles. The number of unbranched alkanes of at least 4 members (excludes halogenated alkanes) is 2. The molecule has 0 heterocycles. The Bertz CT molecular complexity index is 91.6. The van der Waals surface area contributed by atoms with Crippen molar-refractivity contribution in [1.29, 1.82) is 0 Å². The molecule has 2 nitrogen and oxygen atoms in total. The molecule has 0 atom stereocenters. The summed E-state index contributed by atoms with van der Waals surface area (Å²) in [5.74, 6) is 0. The van der Waals surface area contributed by atoms with E-state index in [2.05, 4.69) is 6.92 Å². The van der Waals surface area contributed by atoms with E-state index in [1.54, 1.807) is 6.08 Å². The van der Waals surface area contributed by atoms with Gasteiger partial charge in [-0.15, -0.1) is 0 Å². The fourth-order valence-corrected chi connectivity index (χ4v) is 0.658. The quantitative estimate of drug-likeness (QED) is 0.344. The predicted octanol–water partition coefficient (Wildman–Crippen LogP) is 1.21. The first-order valence-electron chi connectivity index (χ1n) is 3.78. The molecule has 0 amide bonds. The van der Waals surface area contributed by atoms with E-state index >= 15 is 0 Å². The molecule has 3 heteroatoms. The third-order valence-corrected chi connectivity index (χ3v) is 1.24. The highest BCUT2D eigenvalue weighted by Gasteiger charge is 2.00. The van der Waals surface area contributed by atoms with Crippen LogP contribution in [0.25, 0.3) is 0 Å². The number of hydrogen-bond acceptors (Lipinski definition) is 2. The zero-order valence-corrected chi connectivity index (χ0v) is 6.45. The first-order valence-corrected chi connectivity index (χ1v) is 3.78. The summed E-state index contributed by atoms with van der Waals surface area (Å²) in [4.78, 5) is 0. The number of allylic oxidation sites excluding steroid dienone is 2. The zero-order valence-electron chi connectivity index (χ0n) is 6.45. The molecule has 0 unspecified atom stereocenters. The second kappa shape index (κ2) is 6.84. The summed E-state index contributed by atoms with van der Waals surface area (Å²) in [6, 6.07) is 0. The van der Waals surface area contributed by atoms with Gasteiger partial charge in [-0.3, -0.25) is 0 Å². The molecule has 2 N–H and O–H groups in total. The molecule has 0 aromatic carbocycles. The molecule has 0 bridgehead atoms. The van der Waals surface area contributed by atoms with Gasteiger partial charge >= 0.3 is 7.12 Å². The van der Waals surface area contributed by atoms with Crippen molar-refractivity contribution in [3.8, 4) is 0 Å². The van der Waals surface area contributed by atoms with Gasteiger partial charge in [0.05, 0.1) is 0 Å². The molecule has 0 aliphatic carbocycles. The largest absolute Gasteiger partial charge is 0.455 e. The van der Waals surface area contributed by atoms with Gasteiger partial charge in [0.25, 0.3) is 0 Å². The lowest BCUT2D eigenvalue weighted by molar-refractivity contribution is 0.411.